The second-order valence-corrected chi connectivity index (χ2v) is 3.59. The van der Waals surface area contributed by atoms with Gasteiger partial charge in [-0.15, -0.1) is 0 Å². The Morgan fingerprint density at radius 3 is 2.50 bits per heavy atom. The molecule has 3 nitrogen and oxygen atoms in total. The van der Waals surface area contributed by atoms with Crippen molar-refractivity contribution in [1.82, 2.24) is 5.32 Å². The number of carbonyl (C=O) groups excluding carboxylic acids is 1. The van der Waals surface area contributed by atoms with Gasteiger partial charge in [0.1, 0.15) is 17.2 Å². The van der Waals surface area contributed by atoms with Crippen molar-refractivity contribution in [2.45, 2.75) is 6.92 Å². The molecule has 0 spiro atoms. The molecule has 0 aromatic heterocycles. The number of halogens is 2. The lowest BCUT2D eigenvalue weighted by atomic mass is 10.1. The molecule has 88 valence electrons. The van der Waals surface area contributed by atoms with Gasteiger partial charge < -0.3 is 10.4 Å². The number of benzene rings is 1. The number of aliphatic hydroxyl groups is 1. The normalized spacial score (nSPS) is 12.2. The lowest BCUT2D eigenvalue weighted by Crippen LogP contribution is -2.30. The average molecular weight is 229 g/mol. The third-order valence-electron chi connectivity index (χ3n) is 2.11. The van der Waals surface area contributed by atoms with Crippen molar-refractivity contribution in [3.63, 3.8) is 0 Å². The SMILES string of the molecule is CC(CO)CNC(=O)c1c(F)cccc1F. The summed E-state index contributed by atoms with van der Waals surface area (Å²) in [5.41, 5.74) is -0.590. The van der Waals surface area contributed by atoms with E-state index >= 15 is 0 Å². The van der Waals surface area contributed by atoms with Gasteiger partial charge in [-0.1, -0.05) is 13.0 Å². The van der Waals surface area contributed by atoms with E-state index in [-0.39, 0.29) is 19.1 Å². The topological polar surface area (TPSA) is 49.3 Å². The minimum atomic E-state index is -0.894. The number of hydrogen-bond acceptors (Lipinski definition) is 2. The van der Waals surface area contributed by atoms with Crippen LogP contribution >= 0.6 is 0 Å². The van der Waals surface area contributed by atoms with Gasteiger partial charge in [-0.25, -0.2) is 8.78 Å². The van der Waals surface area contributed by atoms with Crippen LogP contribution in [0.2, 0.25) is 0 Å². The molecule has 5 heteroatoms. The maximum Gasteiger partial charge on any atom is 0.257 e. The fourth-order valence-electron chi connectivity index (χ4n) is 1.13. The second kappa shape index (κ2) is 5.55. The highest BCUT2D eigenvalue weighted by Gasteiger charge is 2.16. The van der Waals surface area contributed by atoms with Gasteiger partial charge in [0.25, 0.3) is 5.91 Å². The van der Waals surface area contributed by atoms with Gasteiger partial charge in [0.15, 0.2) is 0 Å². The van der Waals surface area contributed by atoms with Gasteiger partial charge in [-0.05, 0) is 18.1 Å². The van der Waals surface area contributed by atoms with Gasteiger partial charge in [0.2, 0.25) is 0 Å². The fourth-order valence-corrected chi connectivity index (χ4v) is 1.13. The molecule has 0 fully saturated rings. The minimum absolute atomic E-state index is 0.0972. The van der Waals surface area contributed by atoms with Crippen LogP contribution < -0.4 is 5.32 Å². The maximum absolute atomic E-state index is 13.2. The van der Waals surface area contributed by atoms with E-state index in [2.05, 4.69) is 5.32 Å². The fraction of sp³-hybridized carbons (Fsp3) is 0.364. The summed E-state index contributed by atoms with van der Waals surface area (Å²) in [6.45, 7) is 1.78. The Morgan fingerprint density at radius 1 is 1.44 bits per heavy atom. The predicted molar refractivity (Wildman–Crippen MR) is 54.9 cm³/mol. The number of hydrogen-bond donors (Lipinski definition) is 2. The van der Waals surface area contributed by atoms with E-state index in [0.717, 1.165) is 12.1 Å². The van der Waals surface area contributed by atoms with E-state index in [1.54, 1.807) is 6.92 Å². The van der Waals surface area contributed by atoms with Crippen molar-refractivity contribution in [3.8, 4) is 0 Å². The zero-order valence-corrected chi connectivity index (χ0v) is 8.84. The molecule has 1 aromatic carbocycles. The zero-order chi connectivity index (χ0) is 12.1. The molecule has 0 aliphatic rings. The first-order valence-corrected chi connectivity index (χ1v) is 4.89. The molecule has 0 aliphatic carbocycles. The first kappa shape index (κ1) is 12.6. The van der Waals surface area contributed by atoms with Crippen molar-refractivity contribution in [2.24, 2.45) is 5.92 Å². The van der Waals surface area contributed by atoms with Crippen molar-refractivity contribution in [2.75, 3.05) is 13.2 Å². The van der Waals surface area contributed by atoms with E-state index in [4.69, 9.17) is 5.11 Å². The molecule has 0 saturated carbocycles. The van der Waals surface area contributed by atoms with Gasteiger partial charge in [-0.2, -0.15) is 0 Å². The molecule has 16 heavy (non-hydrogen) atoms. The lowest BCUT2D eigenvalue weighted by molar-refractivity contribution is 0.0934. The van der Waals surface area contributed by atoms with Crippen molar-refractivity contribution < 1.29 is 18.7 Å². The summed E-state index contributed by atoms with van der Waals surface area (Å²) in [6, 6.07) is 3.23. The lowest BCUT2D eigenvalue weighted by Gasteiger charge is -2.10. The third kappa shape index (κ3) is 3.00. The summed E-state index contributed by atoms with van der Waals surface area (Å²) in [6.07, 6.45) is 0. The zero-order valence-electron chi connectivity index (χ0n) is 8.84. The standard InChI is InChI=1S/C11H13F2NO2/c1-7(6-15)5-14-11(16)10-8(12)3-2-4-9(10)13/h2-4,7,15H,5-6H2,1H3,(H,14,16). The van der Waals surface area contributed by atoms with E-state index in [0.29, 0.717) is 0 Å². The van der Waals surface area contributed by atoms with Crippen LogP contribution in [0.1, 0.15) is 17.3 Å². The summed E-state index contributed by atoms with van der Waals surface area (Å²) in [5.74, 6) is -2.75. The van der Waals surface area contributed by atoms with Crippen LogP contribution in [0.5, 0.6) is 0 Å². The highest BCUT2D eigenvalue weighted by molar-refractivity contribution is 5.94. The average Bonchev–Trinajstić information content (AvgIpc) is 2.25. The molecule has 1 amide bonds. The van der Waals surface area contributed by atoms with Crippen LogP contribution in [0.15, 0.2) is 18.2 Å². The number of nitrogens with one attached hydrogen (secondary N) is 1. The minimum Gasteiger partial charge on any atom is -0.396 e. The monoisotopic (exact) mass is 229 g/mol. The summed E-state index contributed by atoms with van der Waals surface area (Å²) in [4.78, 5) is 11.4. The smallest absolute Gasteiger partial charge is 0.257 e. The Kier molecular flexibility index (Phi) is 4.37. The molecule has 0 saturated heterocycles. The van der Waals surface area contributed by atoms with Crippen LogP contribution in [0, 0.1) is 17.6 Å². The maximum atomic E-state index is 13.2. The quantitative estimate of drug-likeness (QED) is 0.818. The molecule has 1 unspecified atom stereocenters. The molecule has 2 N–H and O–H groups in total. The summed E-state index contributed by atoms with van der Waals surface area (Å²) < 4.78 is 26.3. The van der Waals surface area contributed by atoms with Crippen molar-refractivity contribution >= 4 is 5.91 Å². The van der Waals surface area contributed by atoms with Gasteiger partial charge in [-0.3, -0.25) is 4.79 Å². The summed E-state index contributed by atoms with van der Waals surface area (Å²) >= 11 is 0. The molecular weight excluding hydrogens is 216 g/mol. The molecule has 0 aliphatic heterocycles. The van der Waals surface area contributed by atoms with Crippen molar-refractivity contribution in [1.29, 1.82) is 0 Å². The largest absolute Gasteiger partial charge is 0.396 e. The summed E-state index contributed by atoms with van der Waals surface area (Å²) in [5, 5.41) is 11.1. The van der Waals surface area contributed by atoms with Gasteiger partial charge in [0.05, 0.1) is 0 Å². The molecular formula is C11H13F2NO2. The van der Waals surface area contributed by atoms with Crippen LogP contribution in [0.4, 0.5) is 8.78 Å². The highest BCUT2D eigenvalue weighted by atomic mass is 19.1. The first-order chi connectivity index (χ1) is 7.56. The van der Waals surface area contributed by atoms with E-state index in [1.807, 2.05) is 0 Å². The number of carbonyl (C=O) groups is 1. The van der Waals surface area contributed by atoms with Crippen LogP contribution in [-0.4, -0.2) is 24.2 Å². The Hall–Kier alpha value is -1.49. The second-order valence-electron chi connectivity index (χ2n) is 3.59. The first-order valence-electron chi connectivity index (χ1n) is 4.89. The van der Waals surface area contributed by atoms with E-state index in [9.17, 15) is 13.6 Å². The third-order valence-corrected chi connectivity index (χ3v) is 2.11. The van der Waals surface area contributed by atoms with Gasteiger partial charge >= 0.3 is 0 Å². The predicted octanol–water partition coefficient (Wildman–Crippen LogP) is 1.32. The Labute approximate surface area is 92.1 Å². The number of rotatable bonds is 4. The molecule has 0 radical (unpaired) electrons. The summed E-state index contributed by atoms with van der Waals surface area (Å²) in [7, 11) is 0. The van der Waals surface area contributed by atoms with Crippen molar-refractivity contribution in [3.05, 3.63) is 35.4 Å². The molecule has 1 rings (SSSR count). The van der Waals surface area contributed by atoms with Crippen LogP contribution in [0.25, 0.3) is 0 Å². The molecule has 0 heterocycles. The Bertz CT molecular complexity index is 362. The number of amides is 1. The molecule has 0 bridgehead atoms. The van der Waals surface area contributed by atoms with Gasteiger partial charge in [0, 0.05) is 13.2 Å². The van der Waals surface area contributed by atoms with E-state index < -0.39 is 23.1 Å². The van der Waals surface area contributed by atoms with E-state index in [1.165, 1.54) is 6.07 Å². The van der Waals surface area contributed by atoms with Crippen LogP contribution in [-0.2, 0) is 0 Å². The Morgan fingerprint density at radius 2 is 2.00 bits per heavy atom. The highest BCUT2D eigenvalue weighted by Crippen LogP contribution is 2.11. The molecule has 1 aromatic rings. The number of aliphatic hydroxyl groups excluding tert-OH is 1. The molecule has 1 atom stereocenters. The Balaban J connectivity index is 2.73. The van der Waals surface area contributed by atoms with Crippen LogP contribution in [0.3, 0.4) is 0 Å².